The van der Waals surface area contributed by atoms with Crippen LogP contribution in [0, 0.1) is 0 Å². The van der Waals surface area contributed by atoms with Crippen molar-refractivity contribution < 1.29 is 19.1 Å². The molecular weight excluding hydrogens is 248 g/mol. The molecular formula is C13H20N2O4. The lowest BCUT2D eigenvalue weighted by Gasteiger charge is -2.28. The minimum absolute atomic E-state index is 0.321. The maximum atomic E-state index is 11.9. The summed E-state index contributed by atoms with van der Waals surface area (Å²) in [6, 6.07) is 2.63. The number of carbonyl (C=O) groups excluding carboxylic acids is 1. The van der Waals surface area contributed by atoms with Crippen molar-refractivity contribution in [2.45, 2.75) is 45.2 Å². The van der Waals surface area contributed by atoms with Crippen molar-refractivity contribution in [3.05, 3.63) is 24.2 Å². The number of urea groups is 1. The van der Waals surface area contributed by atoms with Gasteiger partial charge in [-0.2, -0.15) is 0 Å². The quantitative estimate of drug-likeness (QED) is 0.738. The van der Waals surface area contributed by atoms with Crippen molar-refractivity contribution in [3.8, 4) is 0 Å². The Morgan fingerprint density at radius 2 is 2.05 bits per heavy atom. The van der Waals surface area contributed by atoms with Crippen LogP contribution in [0.2, 0.25) is 0 Å². The maximum absolute atomic E-state index is 11.9. The van der Waals surface area contributed by atoms with Gasteiger partial charge in [0.2, 0.25) is 0 Å². The Morgan fingerprint density at radius 3 is 2.47 bits per heavy atom. The monoisotopic (exact) mass is 268 g/mol. The van der Waals surface area contributed by atoms with Gasteiger partial charge in [-0.1, -0.05) is 13.8 Å². The fraction of sp³-hybridized carbons (Fsp3) is 0.538. The summed E-state index contributed by atoms with van der Waals surface area (Å²) in [5, 5.41) is 14.4. The maximum Gasteiger partial charge on any atom is 0.329 e. The first-order chi connectivity index (χ1) is 8.95. The molecule has 1 heterocycles. The summed E-state index contributed by atoms with van der Waals surface area (Å²) in [4.78, 5) is 23.1. The molecule has 1 atom stereocenters. The van der Waals surface area contributed by atoms with Gasteiger partial charge in [-0.15, -0.1) is 0 Å². The Kier molecular flexibility index (Phi) is 4.97. The second-order valence-corrected chi connectivity index (χ2v) is 4.43. The van der Waals surface area contributed by atoms with E-state index in [9.17, 15) is 14.7 Å². The minimum atomic E-state index is -1.23. The van der Waals surface area contributed by atoms with Gasteiger partial charge in [-0.25, -0.2) is 9.59 Å². The summed E-state index contributed by atoms with van der Waals surface area (Å²) in [6.07, 6.45) is 2.16. The molecule has 0 saturated carbocycles. The molecule has 0 aliphatic rings. The number of hydrogen-bond donors (Lipinski definition) is 3. The number of nitrogens with one attached hydrogen (secondary N) is 2. The molecule has 0 saturated heterocycles. The van der Waals surface area contributed by atoms with Crippen molar-refractivity contribution in [3.63, 3.8) is 0 Å². The number of amides is 2. The number of carbonyl (C=O) groups is 2. The zero-order valence-electron chi connectivity index (χ0n) is 11.4. The molecule has 0 aliphatic carbocycles. The van der Waals surface area contributed by atoms with E-state index in [1.54, 1.807) is 32.9 Å². The molecule has 6 nitrogen and oxygen atoms in total. The fourth-order valence-corrected chi connectivity index (χ4v) is 1.84. The van der Waals surface area contributed by atoms with Crippen LogP contribution in [0.4, 0.5) is 4.79 Å². The lowest BCUT2D eigenvalue weighted by molar-refractivity contribution is -0.144. The molecule has 0 bridgehead atoms. The Bertz CT molecular complexity index is 424. The third-order valence-corrected chi connectivity index (χ3v) is 3.29. The third kappa shape index (κ3) is 3.49. The number of carboxylic acids is 1. The highest BCUT2D eigenvalue weighted by molar-refractivity contribution is 5.86. The van der Waals surface area contributed by atoms with Gasteiger partial charge in [0, 0.05) is 0 Å². The van der Waals surface area contributed by atoms with Gasteiger partial charge in [-0.05, 0) is 31.9 Å². The Balaban J connectivity index is 2.66. The number of aliphatic carboxylic acids is 1. The highest BCUT2D eigenvalue weighted by atomic mass is 16.4. The molecule has 2 amide bonds. The average Bonchev–Trinajstić information content (AvgIpc) is 2.89. The van der Waals surface area contributed by atoms with E-state index in [0.29, 0.717) is 18.6 Å². The standard InChI is InChI=1S/C13H20N2O4/c1-4-13(5-2,11(16)17)15-12(18)14-9(3)10-7-6-8-19-10/h6-9H,4-5H2,1-3H3,(H,16,17)(H2,14,15,18). The predicted octanol–water partition coefficient (Wildman–Crippen LogP) is 2.28. The third-order valence-electron chi connectivity index (χ3n) is 3.29. The van der Waals surface area contributed by atoms with Crippen molar-refractivity contribution in [2.24, 2.45) is 0 Å². The molecule has 0 aromatic carbocycles. The smallest absolute Gasteiger partial charge is 0.329 e. The second-order valence-electron chi connectivity index (χ2n) is 4.43. The normalized spacial score (nSPS) is 12.8. The zero-order valence-corrected chi connectivity index (χ0v) is 11.4. The summed E-state index contributed by atoms with van der Waals surface area (Å²) >= 11 is 0. The Morgan fingerprint density at radius 1 is 1.42 bits per heavy atom. The lowest BCUT2D eigenvalue weighted by atomic mass is 9.93. The second kappa shape index (κ2) is 6.26. The zero-order chi connectivity index (χ0) is 14.5. The van der Waals surface area contributed by atoms with Crippen molar-refractivity contribution in [2.75, 3.05) is 0 Å². The van der Waals surface area contributed by atoms with E-state index < -0.39 is 17.5 Å². The van der Waals surface area contributed by atoms with Crippen LogP contribution in [0.25, 0.3) is 0 Å². The molecule has 6 heteroatoms. The van der Waals surface area contributed by atoms with E-state index in [2.05, 4.69) is 10.6 Å². The fourth-order valence-electron chi connectivity index (χ4n) is 1.84. The van der Waals surface area contributed by atoms with Crippen molar-refractivity contribution >= 4 is 12.0 Å². The van der Waals surface area contributed by atoms with Crippen LogP contribution in [0.15, 0.2) is 22.8 Å². The molecule has 3 N–H and O–H groups in total. The van der Waals surface area contributed by atoms with Crippen molar-refractivity contribution in [1.29, 1.82) is 0 Å². The summed E-state index contributed by atoms with van der Waals surface area (Å²) in [6.45, 7) is 5.22. The number of carboxylic acid groups (broad SMARTS) is 1. The highest BCUT2D eigenvalue weighted by Gasteiger charge is 2.36. The first-order valence-corrected chi connectivity index (χ1v) is 6.30. The molecule has 1 unspecified atom stereocenters. The molecule has 106 valence electrons. The molecule has 0 spiro atoms. The number of rotatable bonds is 6. The lowest BCUT2D eigenvalue weighted by Crippen LogP contribution is -2.56. The van der Waals surface area contributed by atoms with Gasteiger partial charge in [0.25, 0.3) is 0 Å². The van der Waals surface area contributed by atoms with Gasteiger partial charge >= 0.3 is 12.0 Å². The molecule has 1 aromatic rings. The molecule has 0 radical (unpaired) electrons. The predicted molar refractivity (Wildman–Crippen MR) is 69.7 cm³/mol. The topological polar surface area (TPSA) is 91.6 Å². The van der Waals surface area contributed by atoms with Crippen LogP contribution in [-0.2, 0) is 4.79 Å². The van der Waals surface area contributed by atoms with E-state index in [1.807, 2.05) is 0 Å². The Labute approximate surface area is 112 Å². The SMILES string of the molecule is CCC(CC)(NC(=O)NC(C)c1ccco1)C(=O)O. The summed E-state index contributed by atoms with van der Waals surface area (Å²) in [7, 11) is 0. The summed E-state index contributed by atoms with van der Waals surface area (Å²) < 4.78 is 5.17. The highest BCUT2D eigenvalue weighted by Crippen LogP contribution is 2.16. The van der Waals surface area contributed by atoms with Gasteiger partial charge in [-0.3, -0.25) is 0 Å². The van der Waals surface area contributed by atoms with Gasteiger partial charge in [0.1, 0.15) is 11.3 Å². The van der Waals surface area contributed by atoms with E-state index in [0.717, 1.165) is 0 Å². The van der Waals surface area contributed by atoms with Crippen LogP contribution in [-0.4, -0.2) is 22.6 Å². The minimum Gasteiger partial charge on any atom is -0.480 e. The first-order valence-electron chi connectivity index (χ1n) is 6.30. The molecule has 1 aromatic heterocycles. The number of hydrogen-bond acceptors (Lipinski definition) is 3. The first kappa shape index (κ1) is 15.1. The van der Waals surface area contributed by atoms with E-state index >= 15 is 0 Å². The van der Waals surface area contributed by atoms with Gasteiger partial charge < -0.3 is 20.2 Å². The summed E-state index contributed by atoms with van der Waals surface area (Å²) in [5.74, 6) is -0.414. The van der Waals surface area contributed by atoms with E-state index in [4.69, 9.17) is 4.42 Å². The van der Waals surface area contributed by atoms with Crippen molar-refractivity contribution in [1.82, 2.24) is 10.6 Å². The van der Waals surface area contributed by atoms with Crippen LogP contribution < -0.4 is 10.6 Å². The summed E-state index contributed by atoms with van der Waals surface area (Å²) in [5.41, 5.74) is -1.23. The molecule has 19 heavy (non-hydrogen) atoms. The van der Waals surface area contributed by atoms with Crippen LogP contribution in [0.1, 0.15) is 45.4 Å². The number of furan rings is 1. The Hall–Kier alpha value is -1.98. The van der Waals surface area contributed by atoms with E-state index in [-0.39, 0.29) is 6.04 Å². The van der Waals surface area contributed by atoms with E-state index in [1.165, 1.54) is 6.26 Å². The van der Waals surface area contributed by atoms with Crippen LogP contribution >= 0.6 is 0 Å². The van der Waals surface area contributed by atoms with Gasteiger partial charge in [0.05, 0.1) is 12.3 Å². The average molecular weight is 268 g/mol. The van der Waals surface area contributed by atoms with Crippen LogP contribution in [0.5, 0.6) is 0 Å². The largest absolute Gasteiger partial charge is 0.480 e. The van der Waals surface area contributed by atoms with Crippen LogP contribution in [0.3, 0.4) is 0 Å². The molecule has 0 fully saturated rings. The van der Waals surface area contributed by atoms with Gasteiger partial charge in [0.15, 0.2) is 0 Å². The molecule has 0 aliphatic heterocycles. The molecule has 1 rings (SSSR count).